The van der Waals surface area contributed by atoms with Gasteiger partial charge in [-0.2, -0.15) is 9.78 Å². The lowest BCUT2D eigenvalue weighted by Gasteiger charge is -2.28. The average Bonchev–Trinajstić information content (AvgIpc) is 2.93. The molecule has 132 valence electrons. The number of aromatic nitrogens is 2. The summed E-state index contributed by atoms with van der Waals surface area (Å²) in [4.78, 5) is 13.3. The van der Waals surface area contributed by atoms with Crippen LogP contribution in [-0.4, -0.2) is 28.8 Å². The number of benzene rings is 1. The van der Waals surface area contributed by atoms with Crippen LogP contribution in [0.2, 0.25) is 0 Å². The Hall–Kier alpha value is -2.34. The Morgan fingerprint density at radius 3 is 3.00 bits per heavy atom. The molecule has 1 aromatic heterocycles. The van der Waals surface area contributed by atoms with Gasteiger partial charge >= 0.3 is 0 Å². The molecule has 2 aliphatic heterocycles. The number of anilines is 2. The third-order valence-electron chi connectivity index (χ3n) is 5.33. The molecule has 3 heterocycles. The zero-order valence-corrected chi connectivity index (χ0v) is 14.9. The molecule has 1 unspecified atom stereocenters. The molecule has 0 saturated carbocycles. The molecule has 6 nitrogen and oxygen atoms in total. The number of nitrogen functional groups attached to an aromatic ring is 1. The highest BCUT2D eigenvalue weighted by Crippen LogP contribution is 2.38. The van der Waals surface area contributed by atoms with Gasteiger partial charge in [-0.25, -0.2) is 0 Å². The van der Waals surface area contributed by atoms with E-state index in [4.69, 9.17) is 10.5 Å². The van der Waals surface area contributed by atoms with Crippen molar-refractivity contribution in [1.29, 1.82) is 0 Å². The summed E-state index contributed by atoms with van der Waals surface area (Å²) in [6.45, 7) is 7.35. The SMILES string of the molecule is Cc1cccc2c1NCCC2C(=O)n1nc2c(c1N)CCOC2(C)C. The zero-order valence-electron chi connectivity index (χ0n) is 14.9. The van der Waals surface area contributed by atoms with E-state index in [0.717, 1.165) is 41.0 Å². The monoisotopic (exact) mass is 340 g/mol. The van der Waals surface area contributed by atoms with Crippen LogP contribution in [0.4, 0.5) is 11.5 Å². The van der Waals surface area contributed by atoms with E-state index in [-0.39, 0.29) is 11.8 Å². The molecule has 1 atom stereocenters. The summed E-state index contributed by atoms with van der Waals surface area (Å²) in [6, 6.07) is 6.07. The van der Waals surface area contributed by atoms with Crippen LogP contribution in [0.25, 0.3) is 0 Å². The van der Waals surface area contributed by atoms with Crippen molar-refractivity contribution >= 4 is 17.4 Å². The number of fused-ring (bicyclic) bond motifs is 2. The first kappa shape index (κ1) is 16.1. The van der Waals surface area contributed by atoms with Crippen molar-refractivity contribution in [3.63, 3.8) is 0 Å². The lowest BCUT2D eigenvalue weighted by molar-refractivity contribution is -0.0346. The maximum atomic E-state index is 13.3. The minimum Gasteiger partial charge on any atom is -0.385 e. The van der Waals surface area contributed by atoms with Gasteiger partial charge in [0.15, 0.2) is 0 Å². The van der Waals surface area contributed by atoms with Gasteiger partial charge in [0.2, 0.25) is 0 Å². The highest BCUT2D eigenvalue weighted by molar-refractivity contribution is 5.90. The summed E-state index contributed by atoms with van der Waals surface area (Å²) in [5.41, 5.74) is 10.8. The fourth-order valence-electron chi connectivity index (χ4n) is 3.96. The van der Waals surface area contributed by atoms with Gasteiger partial charge in [-0.15, -0.1) is 0 Å². The lowest BCUT2D eigenvalue weighted by atomic mass is 9.88. The van der Waals surface area contributed by atoms with E-state index in [1.807, 2.05) is 26.0 Å². The van der Waals surface area contributed by atoms with Gasteiger partial charge in [-0.1, -0.05) is 18.2 Å². The standard InChI is InChI=1S/C19H24N4O2/c1-11-5-4-6-12-13(7-9-21-15(11)12)18(24)23-17(20)14-8-10-25-19(2,3)16(14)22-23/h4-6,13,21H,7-10,20H2,1-3H3. The molecule has 1 aromatic carbocycles. The third kappa shape index (κ3) is 2.43. The maximum Gasteiger partial charge on any atom is 0.256 e. The van der Waals surface area contributed by atoms with Crippen LogP contribution in [-0.2, 0) is 16.8 Å². The highest BCUT2D eigenvalue weighted by atomic mass is 16.5. The first-order chi connectivity index (χ1) is 11.9. The van der Waals surface area contributed by atoms with E-state index in [9.17, 15) is 4.79 Å². The number of nitrogens with two attached hydrogens (primary N) is 1. The van der Waals surface area contributed by atoms with Gasteiger partial charge in [0.1, 0.15) is 11.4 Å². The predicted octanol–water partition coefficient (Wildman–Crippen LogP) is 2.82. The number of nitrogens with zero attached hydrogens (tertiary/aromatic N) is 2. The number of rotatable bonds is 1. The second-order valence-corrected chi connectivity index (χ2v) is 7.38. The Morgan fingerprint density at radius 2 is 2.24 bits per heavy atom. The van der Waals surface area contributed by atoms with E-state index >= 15 is 0 Å². The van der Waals surface area contributed by atoms with Crippen LogP contribution in [0, 0.1) is 6.92 Å². The molecule has 2 aliphatic rings. The van der Waals surface area contributed by atoms with Gasteiger partial charge in [0.05, 0.1) is 18.2 Å². The lowest BCUT2D eigenvalue weighted by Crippen LogP contribution is -2.30. The molecule has 25 heavy (non-hydrogen) atoms. The second-order valence-electron chi connectivity index (χ2n) is 7.38. The van der Waals surface area contributed by atoms with Crippen LogP contribution < -0.4 is 11.1 Å². The van der Waals surface area contributed by atoms with Crippen molar-refractivity contribution in [2.45, 2.75) is 45.1 Å². The molecule has 6 heteroatoms. The average molecular weight is 340 g/mol. The number of hydrogen-bond acceptors (Lipinski definition) is 5. The minimum atomic E-state index is -0.518. The number of hydrogen-bond donors (Lipinski definition) is 2. The molecule has 3 N–H and O–H groups in total. The highest BCUT2D eigenvalue weighted by Gasteiger charge is 2.37. The molecule has 2 aromatic rings. The van der Waals surface area contributed by atoms with Gasteiger partial charge < -0.3 is 15.8 Å². The second kappa shape index (κ2) is 5.59. The Morgan fingerprint density at radius 1 is 1.44 bits per heavy atom. The van der Waals surface area contributed by atoms with Crippen LogP contribution in [0.3, 0.4) is 0 Å². The van der Waals surface area contributed by atoms with Crippen molar-refractivity contribution < 1.29 is 9.53 Å². The molecular formula is C19H24N4O2. The summed E-state index contributed by atoms with van der Waals surface area (Å²) in [5, 5.41) is 7.98. The Labute approximate surface area is 147 Å². The summed E-state index contributed by atoms with van der Waals surface area (Å²) >= 11 is 0. The van der Waals surface area contributed by atoms with Crippen molar-refractivity contribution in [2.24, 2.45) is 0 Å². The number of carbonyl (C=O) groups excluding carboxylic acids is 1. The molecule has 0 amide bonds. The number of para-hydroxylation sites is 1. The molecule has 0 spiro atoms. The van der Waals surface area contributed by atoms with E-state index in [1.54, 1.807) is 0 Å². The molecular weight excluding hydrogens is 316 g/mol. The molecule has 0 saturated heterocycles. The Balaban J connectivity index is 1.77. The smallest absolute Gasteiger partial charge is 0.256 e. The number of aryl methyl sites for hydroxylation is 1. The Bertz CT molecular complexity index is 853. The first-order valence-electron chi connectivity index (χ1n) is 8.79. The third-order valence-corrected chi connectivity index (χ3v) is 5.33. The largest absolute Gasteiger partial charge is 0.385 e. The minimum absolute atomic E-state index is 0.0592. The molecule has 0 radical (unpaired) electrons. The Kier molecular flexibility index (Phi) is 3.61. The van der Waals surface area contributed by atoms with Crippen molar-refractivity contribution in [3.05, 3.63) is 40.6 Å². The van der Waals surface area contributed by atoms with Crippen molar-refractivity contribution in [3.8, 4) is 0 Å². The van der Waals surface area contributed by atoms with Crippen LogP contribution in [0.1, 0.15) is 53.4 Å². The van der Waals surface area contributed by atoms with E-state index < -0.39 is 5.60 Å². The summed E-state index contributed by atoms with van der Waals surface area (Å²) in [6.07, 6.45) is 1.43. The van der Waals surface area contributed by atoms with Crippen LogP contribution >= 0.6 is 0 Å². The van der Waals surface area contributed by atoms with E-state index in [1.165, 1.54) is 4.68 Å². The maximum absolute atomic E-state index is 13.3. The normalized spacial score (nSPS) is 21.2. The topological polar surface area (TPSA) is 82.2 Å². The fraction of sp³-hybridized carbons (Fsp3) is 0.474. The summed E-state index contributed by atoms with van der Waals surface area (Å²) in [7, 11) is 0. The quantitative estimate of drug-likeness (QED) is 0.834. The van der Waals surface area contributed by atoms with Gasteiger partial charge in [0, 0.05) is 24.2 Å². The van der Waals surface area contributed by atoms with Crippen molar-refractivity contribution in [1.82, 2.24) is 9.78 Å². The van der Waals surface area contributed by atoms with Crippen molar-refractivity contribution in [2.75, 3.05) is 24.2 Å². The van der Waals surface area contributed by atoms with Crippen LogP contribution in [0.5, 0.6) is 0 Å². The zero-order chi connectivity index (χ0) is 17.8. The molecule has 4 rings (SSSR count). The van der Waals surface area contributed by atoms with E-state index in [0.29, 0.717) is 18.8 Å². The van der Waals surface area contributed by atoms with Gasteiger partial charge in [0.25, 0.3) is 5.91 Å². The molecule has 0 fully saturated rings. The number of ether oxygens (including phenoxy) is 1. The molecule has 0 bridgehead atoms. The first-order valence-corrected chi connectivity index (χ1v) is 8.79. The predicted molar refractivity (Wildman–Crippen MR) is 97.0 cm³/mol. The van der Waals surface area contributed by atoms with Gasteiger partial charge in [-0.05, 0) is 38.3 Å². The number of nitrogens with one attached hydrogen (secondary N) is 1. The fourth-order valence-corrected chi connectivity index (χ4v) is 3.96. The number of carbonyl (C=O) groups is 1. The van der Waals surface area contributed by atoms with E-state index in [2.05, 4.69) is 23.4 Å². The molecule has 0 aliphatic carbocycles. The van der Waals surface area contributed by atoms with Crippen LogP contribution in [0.15, 0.2) is 18.2 Å². The summed E-state index contributed by atoms with van der Waals surface area (Å²) in [5.74, 6) is 0.170. The summed E-state index contributed by atoms with van der Waals surface area (Å²) < 4.78 is 7.21. The van der Waals surface area contributed by atoms with Gasteiger partial charge in [-0.3, -0.25) is 4.79 Å².